The molecular weight excluding hydrogens is 400 g/mol. The summed E-state index contributed by atoms with van der Waals surface area (Å²) in [5, 5.41) is 8.79. The molecule has 4 rings (SSSR count). The number of benzene rings is 1. The van der Waals surface area contributed by atoms with Crippen LogP contribution < -0.4 is 9.47 Å². The van der Waals surface area contributed by atoms with E-state index in [0.29, 0.717) is 48.1 Å². The van der Waals surface area contributed by atoms with Crippen LogP contribution in [0.1, 0.15) is 35.2 Å². The fourth-order valence-electron chi connectivity index (χ4n) is 3.59. The smallest absolute Gasteiger partial charge is 0.303 e. The minimum atomic E-state index is -0.868. The van der Waals surface area contributed by atoms with Gasteiger partial charge in [-0.1, -0.05) is 0 Å². The van der Waals surface area contributed by atoms with Crippen LogP contribution in [0.4, 0.5) is 5.69 Å². The van der Waals surface area contributed by atoms with E-state index in [1.165, 1.54) is 7.11 Å². The zero-order valence-corrected chi connectivity index (χ0v) is 17.1. The van der Waals surface area contributed by atoms with Crippen molar-refractivity contribution in [2.45, 2.75) is 19.3 Å². The standard InChI is InChI=1S/C22H22N4O5/c1-30-21-17(31-11-3-5-19(28)29)7-6-15-20(21)25-18(26-10-9-24-22(15)26)12-16(27)14-4-2-8-23-13-14/h2,4,6-8,13H,3,5,9-12H2,1H3,(H,28,29). The molecule has 0 saturated carbocycles. The number of carbonyl (C=O) groups is 2. The van der Waals surface area contributed by atoms with Crippen molar-refractivity contribution < 1.29 is 24.2 Å². The lowest BCUT2D eigenvalue weighted by Crippen LogP contribution is -2.38. The predicted octanol–water partition coefficient (Wildman–Crippen LogP) is 2.71. The van der Waals surface area contributed by atoms with Gasteiger partial charge in [-0.15, -0.1) is 0 Å². The van der Waals surface area contributed by atoms with Gasteiger partial charge in [0.2, 0.25) is 0 Å². The molecule has 2 aliphatic rings. The van der Waals surface area contributed by atoms with Crippen LogP contribution in [0, 0.1) is 0 Å². The minimum Gasteiger partial charge on any atom is -0.491 e. The van der Waals surface area contributed by atoms with Crippen molar-refractivity contribution in [3.8, 4) is 11.5 Å². The first-order valence-corrected chi connectivity index (χ1v) is 9.97. The molecule has 1 N–H and O–H groups in total. The molecule has 2 aliphatic heterocycles. The molecule has 0 amide bonds. The number of ether oxygens (including phenoxy) is 2. The Morgan fingerprint density at radius 1 is 1.26 bits per heavy atom. The first-order valence-electron chi connectivity index (χ1n) is 9.97. The summed E-state index contributed by atoms with van der Waals surface area (Å²) in [6, 6.07) is 7.10. The molecule has 0 atom stereocenters. The molecule has 0 spiro atoms. The van der Waals surface area contributed by atoms with Crippen molar-refractivity contribution in [2.24, 2.45) is 9.98 Å². The van der Waals surface area contributed by atoms with Crippen LogP contribution in [0.2, 0.25) is 0 Å². The largest absolute Gasteiger partial charge is 0.491 e. The molecule has 0 aliphatic carbocycles. The summed E-state index contributed by atoms with van der Waals surface area (Å²) < 4.78 is 11.3. The zero-order chi connectivity index (χ0) is 21.8. The number of pyridine rings is 1. The van der Waals surface area contributed by atoms with Gasteiger partial charge in [-0.2, -0.15) is 0 Å². The highest BCUT2D eigenvalue weighted by molar-refractivity contribution is 6.21. The second-order valence-electron chi connectivity index (χ2n) is 7.07. The number of nitrogens with zero attached hydrogens (tertiary/aromatic N) is 4. The number of rotatable bonds is 9. The Balaban J connectivity index is 1.64. The van der Waals surface area contributed by atoms with E-state index in [0.717, 1.165) is 11.4 Å². The fraction of sp³-hybridized carbons (Fsp3) is 0.318. The number of hydrogen-bond acceptors (Lipinski definition) is 8. The Bertz CT molecular complexity index is 1070. The molecule has 0 bridgehead atoms. The van der Waals surface area contributed by atoms with Gasteiger partial charge >= 0.3 is 5.97 Å². The van der Waals surface area contributed by atoms with E-state index in [4.69, 9.17) is 19.6 Å². The molecule has 0 radical (unpaired) electrons. The Hall–Kier alpha value is -3.75. The van der Waals surface area contributed by atoms with Crippen molar-refractivity contribution >= 4 is 29.1 Å². The predicted molar refractivity (Wildman–Crippen MR) is 114 cm³/mol. The molecular formula is C22H22N4O5. The van der Waals surface area contributed by atoms with Gasteiger partial charge in [-0.3, -0.25) is 19.6 Å². The van der Waals surface area contributed by atoms with E-state index in [1.54, 1.807) is 30.6 Å². The van der Waals surface area contributed by atoms with Gasteiger partial charge in [0.25, 0.3) is 0 Å². The normalized spacial score (nSPS) is 14.3. The Labute approximate surface area is 179 Å². The average molecular weight is 422 g/mol. The number of Topliss-reactive ketones (excluding diaryl/α,β-unsaturated/α-hetero) is 1. The number of hydrogen-bond donors (Lipinski definition) is 1. The van der Waals surface area contributed by atoms with Crippen molar-refractivity contribution in [1.82, 2.24) is 9.88 Å². The van der Waals surface area contributed by atoms with Crippen molar-refractivity contribution in [3.05, 3.63) is 47.8 Å². The summed E-state index contributed by atoms with van der Waals surface area (Å²) in [6.45, 7) is 1.51. The highest BCUT2D eigenvalue weighted by Crippen LogP contribution is 2.43. The van der Waals surface area contributed by atoms with Gasteiger partial charge in [0.05, 0.1) is 26.7 Å². The number of aromatic nitrogens is 1. The number of methoxy groups -OCH3 is 1. The second-order valence-corrected chi connectivity index (χ2v) is 7.07. The summed E-state index contributed by atoms with van der Waals surface area (Å²) >= 11 is 0. The number of aliphatic imine (C=N–C) groups is 2. The lowest BCUT2D eigenvalue weighted by atomic mass is 10.0. The third-order valence-electron chi connectivity index (χ3n) is 5.03. The summed E-state index contributed by atoms with van der Waals surface area (Å²) in [5.41, 5.74) is 1.89. The molecule has 31 heavy (non-hydrogen) atoms. The SMILES string of the molecule is COc1c(OCCCC(=O)O)ccc2c1N=C(CC(=O)c1cccnc1)N1CCN=C21. The second kappa shape index (κ2) is 8.95. The van der Waals surface area contributed by atoms with Crippen molar-refractivity contribution in [3.63, 3.8) is 0 Å². The van der Waals surface area contributed by atoms with Gasteiger partial charge in [0.1, 0.15) is 17.4 Å². The highest BCUT2D eigenvalue weighted by Gasteiger charge is 2.33. The van der Waals surface area contributed by atoms with Crippen molar-refractivity contribution in [2.75, 3.05) is 26.8 Å². The van der Waals surface area contributed by atoms with E-state index in [9.17, 15) is 9.59 Å². The quantitative estimate of drug-likeness (QED) is 0.488. The maximum absolute atomic E-state index is 12.8. The lowest BCUT2D eigenvalue weighted by Gasteiger charge is -2.28. The van der Waals surface area contributed by atoms with E-state index in [-0.39, 0.29) is 25.2 Å². The lowest BCUT2D eigenvalue weighted by molar-refractivity contribution is -0.137. The van der Waals surface area contributed by atoms with Crippen LogP contribution in [0.3, 0.4) is 0 Å². The number of carbonyl (C=O) groups excluding carboxylic acids is 1. The molecule has 0 saturated heterocycles. The maximum Gasteiger partial charge on any atom is 0.303 e. The topological polar surface area (TPSA) is 114 Å². The van der Waals surface area contributed by atoms with E-state index in [1.807, 2.05) is 11.0 Å². The Morgan fingerprint density at radius 3 is 2.87 bits per heavy atom. The first-order chi connectivity index (χ1) is 15.1. The highest BCUT2D eigenvalue weighted by atomic mass is 16.5. The van der Waals surface area contributed by atoms with Gasteiger partial charge in [-0.25, -0.2) is 4.99 Å². The third-order valence-corrected chi connectivity index (χ3v) is 5.03. The first kappa shape index (κ1) is 20.5. The fourth-order valence-corrected chi connectivity index (χ4v) is 3.59. The van der Waals surface area contributed by atoms with Crippen LogP contribution in [0.15, 0.2) is 46.6 Å². The van der Waals surface area contributed by atoms with E-state index in [2.05, 4.69) is 9.98 Å². The van der Waals surface area contributed by atoms with E-state index >= 15 is 0 Å². The van der Waals surface area contributed by atoms with Gasteiger partial charge in [0.15, 0.2) is 17.3 Å². The van der Waals surface area contributed by atoms with Gasteiger partial charge < -0.3 is 19.5 Å². The van der Waals surface area contributed by atoms with Crippen LogP contribution in [0.5, 0.6) is 11.5 Å². The van der Waals surface area contributed by atoms with Crippen LogP contribution in [0.25, 0.3) is 0 Å². The molecule has 1 aromatic heterocycles. The van der Waals surface area contributed by atoms with E-state index < -0.39 is 5.97 Å². The average Bonchev–Trinajstić information content (AvgIpc) is 3.27. The number of carboxylic acid groups (broad SMARTS) is 1. The zero-order valence-electron chi connectivity index (χ0n) is 17.1. The van der Waals surface area contributed by atoms with Crippen LogP contribution in [-0.2, 0) is 4.79 Å². The van der Waals surface area contributed by atoms with Gasteiger partial charge in [0, 0.05) is 36.5 Å². The molecule has 160 valence electrons. The van der Waals surface area contributed by atoms with Crippen LogP contribution >= 0.6 is 0 Å². The maximum atomic E-state index is 12.8. The third kappa shape index (κ3) is 4.25. The van der Waals surface area contributed by atoms with Crippen LogP contribution in [-0.4, -0.2) is 65.2 Å². The number of ketones is 1. The molecule has 3 heterocycles. The summed E-state index contributed by atoms with van der Waals surface area (Å²) in [7, 11) is 1.53. The minimum absolute atomic E-state index is 0.0256. The monoisotopic (exact) mass is 422 g/mol. The molecule has 2 aromatic rings. The summed E-state index contributed by atoms with van der Waals surface area (Å²) in [5.74, 6) is 1.32. The number of amidine groups is 2. The molecule has 0 fully saturated rings. The molecule has 1 aromatic carbocycles. The summed E-state index contributed by atoms with van der Waals surface area (Å²) in [4.78, 5) is 38.8. The van der Waals surface area contributed by atoms with Crippen molar-refractivity contribution in [1.29, 1.82) is 0 Å². The molecule has 0 unspecified atom stereocenters. The summed E-state index contributed by atoms with van der Waals surface area (Å²) in [6.07, 6.45) is 3.68. The number of fused-ring (bicyclic) bond motifs is 3. The Morgan fingerprint density at radius 2 is 2.13 bits per heavy atom. The number of aliphatic carboxylic acids is 1. The molecule has 9 heteroatoms. The molecule has 9 nitrogen and oxygen atoms in total. The van der Waals surface area contributed by atoms with Gasteiger partial charge in [-0.05, 0) is 30.7 Å². The Kier molecular flexibility index (Phi) is 5.92. The number of carboxylic acids is 1.